The van der Waals surface area contributed by atoms with Crippen LogP contribution in [-0.2, 0) is 0 Å². The summed E-state index contributed by atoms with van der Waals surface area (Å²) >= 11 is 0. The van der Waals surface area contributed by atoms with Gasteiger partial charge in [0.25, 0.3) is 0 Å². The molecule has 5 aromatic rings. The van der Waals surface area contributed by atoms with Gasteiger partial charge in [-0.05, 0) is 68.3 Å². The molecule has 5 aromatic carbocycles. The molecule has 6 rings (SSSR count). The van der Waals surface area contributed by atoms with Crippen molar-refractivity contribution in [2.24, 2.45) is 5.92 Å². The minimum atomic E-state index is 0.677. The molecule has 0 spiro atoms. The fourth-order valence-electron chi connectivity index (χ4n) is 4.85. The molecule has 47 heavy (non-hydrogen) atoms. The van der Waals surface area contributed by atoms with Crippen LogP contribution in [0.25, 0.3) is 21.5 Å². The van der Waals surface area contributed by atoms with Crippen LogP contribution in [0.1, 0.15) is 151 Å². The maximum Gasteiger partial charge on any atom is -0.0114 e. The first kappa shape index (κ1) is 45.7. The lowest BCUT2D eigenvalue weighted by Gasteiger charge is -2.10. The fourth-order valence-corrected chi connectivity index (χ4v) is 4.85. The van der Waals surface area contributed by atoms with Crippen LogP contribution in [0.2, 0.25) is 0 Å². The zero-order valence-electron chi connectivity index (χ0n) is 33.2. The van der Waals surface area contributed by atoms with Gasteiger partial charge in [0.15, 0.2) is 0 Å². The van der Waals surface area contributed by atoms with Crippen molar-refractivity contribution < 1.29 is 0 Å². The van der Waals surface area contributed by atoms with Gasteiger partial charge in [-0.3, -0.25) is 0 Å². The second kappa shape index (κ2) is 28.8. The largest absolute Gasteiger partial charge is 0.0683 e. The Morgan fingerprint density at radius 2 is 0.745 bits per heavy atom. The Balaban J connectivity index is 0. The minimum absolute atomic E-state index is 0.677. The molecule has 3 unspecified atom stereocenters. The molecule has 0 aliphatic heterocycles. The first-order chi connectivity index (χ1) is 22.9. The lowest BCUT2D eigenvalue weighted by molar-refractivity contribution is 0.626. The Bertz CT molecular complexity index is 1290. The van der Waals surface area contributed by atoms with Gasteiger partial charge in [-0.15, -0.1) is 0 Å². The van der Waals surface area contributed by atoms with Crippen molar-refractivity contribution in [1.82, 2.24) is 0 Å². The molecule has 0 fully saturated rings. The van der Waals surface area contributed by atoms with E-state index in [1.54, 1.807) is 0 Å². The molecule has 3 atom stereocenters. The predicted molar refractivity (Wildman–Crippen MR) is 220 cm³/mol. The third-order valence-corrected chi connectivity index (χ3v) is 8.16. The van der Waals surface area contributed by atoms with Crippen LogP contribution >= 0.6 is 0 Å². The van der Waals surface area contributed by atoms with E-state index in [1.165, 1.54) is 51.1 Å². The van der Waals surface area contributed by atoms with Crippen LogP contribution in [0.4, 0.5) is 0 Å². The molecule has 0 heteroatoms. The van der Waals surface area contributed by atoms with E-state index in [-0.39, 0.29) is 0 Å². The van der Waals surface area contributed by atoms with Crippen molar-refractivity contribution in [2.75, 3.05) is 0 Å². The van der Waals surface area contributed by atoms with E-state index in [2.05, 4.69) is 164 Å². The van der Waals surface area contributed by atoms with E-state index in [0.29, 0.717) is 17.8 Å². The molecule has 0 heterocycles. The van der Waals surface area contributed by atoms with Crippen molar-refractivity contribution in [1.29, 1.82) is 0 Å². The normalized spacial score (nSPS) is 13.7. The van der Waals surface area contributed by atoms with Crippen molar-refractivity contribution in [3.05, 3.63) is 132 Å². The molecule has 1 aliphatic rings. The second-order valence-corrected chi connectivity index (χ2v) is 11.2. The van der Waals surface area contributed by atoms with Crippen LogP contribution in [0, 0.1) is 5.92 Å². The molecule has 1 aliphatic carbocycles. The maximum atomic E-state index is 2.33. The van der Waals surface area contributed by atoms with E-state index in [1.807, 2.05) is 55.4 Å². The predicted octanol–water partition coefficient (Wildman–Crippen LogP) is 16.3. The van der Waals surface area contributed by atoms with Crippen molar-refractivity contribution in [2.45, 2.75) is 134 Å². The van der Waals surface area contributed by atoms with E-state index in [0.717, 1.165) is 5.92 Å². The molecular weight excluding hydrogens is 565 g/mol. The van der Waals surface area contributed by atoms with E-state index < -0.39 is 0 Å². The van der Waals surface area contributed by atoms with E-state index in [9.17, 15) is 0 Å². The molecule has 260 valence electrons. The molecule has 0 radical (unpaired) electrons. The van der Waals surface area contributed by atoms with E-state index >= 15 is 0 Å². The Hall–Kier alpha value is -3.38. The second-order valence-electron chi connectivity index (χ2n) is 11.2. The third-order valence-electron chi connectivity index (χ3n) is 8.16. The average Bonchev–Trinajstić information content (AvgIpc) is 3.42. The van der Waals surface area contributed by atoms with Gasteiger partial charge in [-0.2, -0.15) is 0 Å². The van der Waals surface area contributed by atoms with Gasteiger partial charge in [-0.1, -0.05) is 226 Å². The highest BCUT2D eigenvalue weighted by Gasteiger charge is 2.27. The van der Waals surface area contributed by atoms with E-state index in [4.69, 9.17) is 0 Å². The van der Waals surface area contributed by atoms with Crippen LogP contribution < -0.4 is 0 Å². The topological polar surface area (TPSA) is 0 Å². The third kappa shape index (κ3) is 15.8. The van der Waals surface area contributed by atoms with Gasteiger partial charge in [0, 0.05) is 0 Å². The van der Waals surface area contributed by atoms with Crippen molar-refractivity contribution in [3.8, 4) is 0 Å². The number of hydrogen-bond acceptors (Lipinski definition) is 0. The fraction of sp³-hybridized carbons (Fsp3) is 0.447. The first-order valence-corrected chi connectivity index (χ1v) is 18.9. The number of fused-ring (bicyclic) bond motifs is 1. The molecule has 0 saturated heterocycles. The molecule has 0 nitrogen and oxygen atoms in total. The Morgan fingerprint density at radius 3 is 1.06 bits per heavy atom. The quantitative estimate of drug-likeness (QED) is 0.185. The van der Waals surface area contributed by atoms with Crippen molar-refractivity contribution >= 4 is 21.5 Å². The summed E-state index contributed by atoms with van der Waals surface area (Å²) in [6.07, 6.45) is 2.53. The summed E-state index contributed by atoms with van der Waals surface area (Å²) in [5.41, 5.74) is 4.52. The van der Waals surface area contributed by atoms with Crippen LogP contribution in [0.3, 0.4) is 0 Å². The van der Waals surface area contributed by atoms with Crippen LogP contribution in [0.5, 0.6) is 0 Å². The van der Waals surface area contributed by atoms with Gasteiger partial charge in [0.1, 0.15) is 0 Å². The van der Waals surface area contributed by atoms with Gasteiger partial charge < -0.3 is 0 Å². The molecule has 0 saturated carbocycles. The number of hydrogen-bond donors (Lipinski definition) is 0. The summed E-state index contributed by atoms with van der Waals surface area (Å²) in [6, 6.07) is 40.7. The monoisotopic (exact) mass is 637 g/mol. The SMILES string of the molecule is CC.CC.CC.CC.CC1c2cccc3cccc(c23)C1C.CCC(C)C.CCC(C)c1ccccc1.c1ccc2ccccc2c1. The Kier molecular flexibility index (Phi) is 28.0. The minimum Gasteiger partial charge on any atom is -0.0683 e. The summed E-state index contributed by atoms with van der Waals surface area (Å²) in [5.74, 6) is 2.95. The molecule has 0 aromatic heterocycles. The zero-order chi connectivity index (χ0) is 36.2. The molecular formula is C47H72. The Morgan fingerprint density at radius 1 is 0.426 bits per heavy atom. The summed E-state index contributed by atoms with van der Waals surface area (Å²) in [5, 5.41) is 5.53. The maximum absolute atomic E-state index is 2.33. The highest BCUT2D eigenvalue weighted by molar-refractivity contribution is 5.92. The van der Waals surface area contributed by atoms with Crippen LogP contribution in [0.15, 0.2) is 115 Å². The summed E-state index contributed by atoms with van der Waals surface area (Å²) < 4.78 is 0. The van der Waals surface area contributed by atoms with Gasteiger partial charge in [0.05, 0.1) is 0 Å². The van der Waals surface area contributed by atoms with Gasteiger partial charge in [-0.25, -0.2) is 0 Å². The summed E-state index contributed by atoms with van der Waals surface area (Å²) in [4.78, 5) is 0. The first-order valence-electron chi connectivity index (χ1n) is 18.9. The van der Waals surface area contributed by atoms with Gasteiger partial charge >= 0.3 is 0 Å². The lowest BCUT2D eigenvalue weighted by atomic mass is 9.94. The zero-order valence-corrected chi connectivity index (χ0v) is 33.2. The summed E-state index contributed by atoms with van der Waals surface area (Å²) in [6.45, 7) is 31.8. The smallest absolute Gasteiger partial charge is 0.0114 e. The van der Waals surface area contributed by atoms with Crippen molar-refractivity contribution in [3.63, 3.8) is 0 Å². The highest BCUT2D eigenvalue weighted by atomic mass is 14.3. The number of rotatable bonds is 3. The standard InChI is InChI=1S/C14H14.C10H8.C10H14.C5H12.4C2H6/c1-9-10(2)13-8-4-6-11-5-3-7-12(9)14(11)13;1-2-6-10-8-4-3-7-9(10)5-1;1-3-9(2)10-7-5-4-6-8-10;1-4-5(2)3;4*1-2/h3-10H,1-2H3;1-8H;4-9H,3H2,1-2H3;5H,4H2,1-3H3;4*1-2H3. The lowest BCUT2D eigenvalue weighted by Crippen LogP contribution is -1.95. The van der Waals surface area contributed by atoms with Crippen LogP contribution in [-0.4, -0.2) is 0 Å². The Labute approximate surface area is 293 Å². The average molecular weight is 637 g/mol. The highest BCUT2D eigenvalue weighted by Crippen LogP contribution is 2.45. The number of benzene rings is 5. The molecule has 0 bridgehead atoms. The summed E-state index contributed by atoms with van der Waals surface area (Å²) in [7, 11) is 0. The van der Waals surface area contributed by atoms with Gasteiger partial charge in [0.2, 0.25) is 0 Å². The molecule has 0 N–H and O–H groups in total. The molecule has 0 amide bonds.